The second-order valence-corrected chi connectivity index (χ2v) is 4.81. The molecule has 23 heavy (non-hydrogen) atoms. The first-order valence-electron chi connectivity index (χ1n) is 6.84. The summed E-state index contributed by atoms with van der Waals surface area (Å²) in [5, 5.41) is 23.1. The molecular formula is C16H16N4O3. The van der Waals surface area contributed by atoms with Crippen LogP contribution in [-0.2, 0) is 9.59 Å². The van der Waals surface area contributed by atoms with Gasteiger partial charge in [-0.05, 0) is 36.4 Å². The van der Waals surface area contributed by atoms with Gasteiger partial charge in [-0.2, -0.15) is 5.11 Å². The molecule has 118 valence electrons. The predicted octanol–water partition coefficient (Wildman–Crippen LogP) is 3.72. The largest absolute Gasteiger partial charge is 0.506 e. The Kier molecular flexibility index (Phi) is 5.03. The molecule has 2 amide bonds. The minimum atomic E-state index is -0.224. The number of hydrogen-bond acceptors (Lipinski definition) is 5. The fraction of sp³-hybridized carbons (Fsp3) is 0.125. The van der Waals surface area contributed by atoms with Gasteiger partial charge in [0.15, 0.2) is 0 Å². The molecule has 0 saturated carbocycles. The minimum Gasteiger partial charge on any atom is -0.506 e. The highest BCUT2D eigenvalue weighted by Gasteiger charge is 2.03. The number of anilines is 2. The van der Waals surface area contributed by atoms with Crippen molar-refractivity contribution in [2.75, 3.05) is 10.6 Å². The van der Waals surface area contributed by atoms with Crippen LogP contribution >= 0.6 is 0 Å². The minimum absolute atomic E-state index is 0.0881. The molecule has 0 aliphatic carbocycles. The Morgan fingerprint density at radius 2 is 1.43 bits per heavy atom. The Hall–Kier alpha value is -3.22. The molecule has 0 spiro atoms. The van der Waals surface area contributed by atoms with E-state index < -0.39 is 0 Å². The normalized spacial score (nSPS) is 10.5. The van der Waals surface area contributed by atoms with Gasteiger partial charge in [-0.15, -0.1) is 5.11 Å². The van der Waals surface area contributed by atoms with E-state index in [-0.39, 0.29) is 23.3 Å². The molecule has 0 fully saturated rings. The third-order valence-electron chi connectivity index (χ3n) is 2.76. The molecule has 0 radical (unpaired) electrons. The smallest absolute Gasteiger partial charge is 0.221 e. The summed E-state index contributed by atoms with van der Waals surface area (Å²) in [5.41, 5.74) is 2.00. The molecule has 0 aliphatic heterocycles. The van der Waals surface area contributed by atoms with E-state index in [9.17, 15) is 14.7 Å². The maximum Gasteiger partial charge on any atom is 0.221 e. The number of phenolic OH excluding ortho intramolecular Hbond substituents is 1. The summed E-state index contributed by atoms with van der Waals surface area (Å²) in [5.74, 6) is -0.462. The van der Waals surface area contributed by atoms with Gasteiger partial charge in [-0.3, -0.25) is 9.59 Å². The van der Waals surface area contributed by atoms with Crippen LogP contribution in [0, 0.1) is 0 Å². The summed E-state index contributed by atoms with van der Waals surface area (Å²) in [6.45, 7) is 2.82. The number of benzene rings is 2. The fourth-order valence-corrected chi connectivity index (χ4v) is 1.82. The summed E-state index contributed by atoms with van der Waals surface area (Å²) < 4.78 is 0. The van der Waals surface area contributed by atoms with Crippen LogP contribution in [0.5, 0.6) is 5.75 Å². The first kappa shape index (κ1) is 16.2. The van der Waals surface area contributed by atoms with E-state index in [1.165, 1.54) is 19.9 Å². The number of carbonyl (C=O) groups is 2. The van der Waals surface area contributed by atoms with E-state index in [0.717, 1.165) is 0 Å². The number of nitrogens with one attached hydrogen (secondary N) is 2. The van der Waals surface area contributed by atoms with Gasteiger partial charge in [0, 0.05) is 31.3 Å². The van der Waals surface area contributed by atoms with Gasteiger partial charge in [0.05, 0.1) is 5.69 Å². The summed E-state index contributed by atoms with van der Waals surface area (Å²) in [6, 6.07) is 11.4. The second-order valence-electron chi connectivity index (χ2n) is 4.81. The quantitative estimate of drug-likeness (QED) is 0.749. The number of nitrogens with zero attached hydrogens (tertiary/aromatic N) is 2. The van der Waals surface area contributed by atoms with Crippen molar-refractivity contribution in [2.24, 2.45) is 10.2 Å². The van der Waals surface area contributed by atoms with Crippen LogP contribution in [0.2, 0.25) is 0 Å². The number of azo groups is 1. The van der Waals surface area contributed by atoms with Gasteiger partial charge >= 0.3 is 0 Å². The van der Waals surface area contributed by atoms with Crippen LogP contribution in [-0.4, -0.2) is 16.9 Å². The van der Waals surface area contributed by atoms with Crippen LogP contribution in [0.4, 0.5) is 22.7 Å². The van der Waals surface area contributed by atoms with Gasteiger partial charge in [0.1, 0.15) is 11.4 Å². The molecule has 2 rings (SSSR count). The van der Waals surface area contributed by atoms with Crippen molar-refractivity contribution in [1.29, 1.82) is 0 Å². The van der Waals surface area contributed by atoms with Gasteiger partial charge in [-0.25, -0.2) is 0 Å². The van der Waals surface area contributed by atoms with Gasteiger partial charge in [0.2, 0.25) is 11.8 Å². The molecule has 0 aliphatic rings. The fourth-order valence-electron chi connectivity index (χ4n) is 1.82. The van der Waals surface area contributed by atoms with Crippen LogP contribution in [0.15, 0.2) is 52.7 Å². The highest BCUT2D eigenvalue weighted by molar-refractivity contribution is 5.89. The molecular weight excluding hydrogens is 296 g/mol. The van der Waals surface area contributed by atoms with Crippen LogP contribution in [0.1, 0.15) is 13.8 Å². The Morgan fingerprint density at radius 3 is 2.00 bits per heavy atom. The molecule has 0 atom stereocenters. The van der Waals surface area contributed by atoms with E-state index in [4.69, 9.17) is 0 Å². The first-order valence-corrected chi connectivity index (χ1v) is 6.84. The summed E-state index contributed by atoms with van der Waals surface area (Å²) in [4.78, 5) is 21.9. The highest BCUT2D eigenvalue weighted by Crippen LogP contribution is 2.31. The van der Waals surface area contributed by atoms with Crippen molar-refractivity contribution in [3.63, 3.8) is 0 Å². The number of carbonyl (C=O) groups excluding carboxylic acids is 2. The predicted molar refractivity (Wildman–Crippen MR) is 87.3 cm³/mol. The highest BCUT2D eigenvalue weighted by atomic mass is 16.3. The van der Waals surface area contributed by atoms with Crippen molar-refractivity contribution < 1.29 is 14.7 Å². The molecule has 0 unspecified atom stereocenters. The first-order chi connectivity index (χ1) is 10.9. The van der Waals surface area contributed by atoms with Gasteiger partial charge in [-0.1, -0.05) is 0 Å². The maximum absolute atomic E-state index is 11.0. The number of phenols is 1. The lowest BCUT2D eigenvalue weighted by molar-refractivity contribution is -0.115. The van der Waals surface area contributed by atoms with E-state index in [2.05, 4.69) is 20.9 Å². The third-order valence-corrected chi connectivity index (χ3v) is 2.76. The van der Waals surface area contributed by atoms with Crippen LogP contribution in [0.25, 0.3) is 0 Å². The zero-order valence-electron chi connectivity index (χ0n) is 12.7. The number of rotatable bonds is 4. The molecule has 2 aromatic carbocycles. The zero-order valence-corrected chi connectivity index (χ0v) is 12.7. The van der Waals surface area contributed by atoms with E-state index >= 15 is 0 Å². The molecule has 3 N–H and O–H groups in total. The molecule has 0 bridgehead atoms. The summed E-state index contributed by atoms with van der Waals surface area (Å²) in [6.07, 6.45) is 0. The molecule has 0 aromatic heterocycles. The van der Waals surface area contributed by atoms with Crippen molar-refractivity contribution >= 4 is 34.6 Å². The average Bonchev–Trinajstić information content (AvgIpc) is 2.47. The van der Waals surface area contributed by atoms with Crippen molar-refractivity contribution in [3.8, 4) is 5.75 Å². The lowest BCUT2D eigenvalue weighted by Crippen LogP contribution is -2.05. The Balaban J connectivity index is 2.10. The van der Waals surface area contributed by atoms with E-state index in [0.29, 0.717) is 17.1 Å². The molecule has 0 saturated heterocycles. The molecule has 2 aromatic rings. The second kappa shape index (κ2) is 7.17. The van der Waals surface area contributed by atoms with Crippen molar-refractivity contribution in [3.05, 3.63) is 42.5 Å². The van der Waals surface area contributed by atoms with Crippen LogP contribution < -0.4 is 10.6 Å². The lowest BCUT2D eigenvalue weighted by Gasteiger charge is -2.04. The van der Waals surface area contributed by atoms with E-state index in [1.807, 2.05) is 0 Å². The zero-order chi connectivity index (χ0) is 16.8. The third kappa shape index (κ3) is 4.92. The monoisotopic (exact) mass is 312 g/mol. The van der Waals surface area contributed by atoms with Crippen LogP contribution in [0.3, 0.4) is 0 Å². The SMILES string of the molecule is CC(=O)Nc1ccc(N=Nc2ccc(NC(C)=O)cc2O)cc1. The van der Waals surface area contributed by atoms with E-state index in [1.54, 1.807) is 36.4 Å². The number of aromatic hydroxyl groups is 1. The van der Waals surface area contributed by atoms with Gasteiger partial charge in [0.25, 0.3) is 0 Å². The average molecular weight is 312 g/mol. The standard InChI is InChI=1S/C16H16N4O3/c1-10(21)17-12-3-5-13(6-4-12)19-20-15-8-7-14(9-16(15)23)18-11(2)22/h3-9,23H,1-2H3,(H,17,21)(H,18,22). The Bertz CT molecular complexity index is 754. The van der Waals surface area contributed by atoms with Crippen molar-refractivity contribution in [2.45, 2.75) is 13.8 Å². The number of hydrogen-bond donors (Lipinski definition) is 3. The molecule has 0 heterocycles. The summed E-state index contributed by atoms with van der Waals surface area (Å²) in [7, 11) is 0. The Labute approximate surface area is 133 Å². The molecule has 7 heteroatoms. The maximum atomic E-state index is 11.0. The topological polar surface area (TPSA) is 103 Å². The lowest BCUT2D eigenvalue weighted by atomic mass is 10.2. The Morgan fingerprint density at radius 1 is 0.870 bits per heavy atom. The summed E-state index contributed by atoms with van der Waals surface area (Å²) >= 11 is 0. The van der Waals surface area contributed by atoms with Crippen molar-refractivity contribution in [1.82, 2.24) is 0 Å². The number of amides is 2. The van der Waals surface area contributed by atoms with Gasteiger partial charge < -0.3 is 15.7 Å². The molecule has 7 nitrogen and oxygen atoms in total.